The maximum atomic E-state index is 10.7. The molecule has 0 radical (unpaired) electrons. The van der Waals surface area contributed by atoms with E-state index in [4.69, 9.17) is 11.5 Å². The van der Waals surface area contributed by atoms with E-state index < -0.39 is 5.91 Å². The monoisotopic (exact) mass is 236 g/mol. The first-order valence-corrected chi connectivity index (χ1v) is 5.57. The molecule has 0 aliphatic rings. The highest BCUT2D eigenvalue weighted by Gasteiger charge is 2.06. The van der Waals surface area contributed by atoms with Crippen LogP contribution in [0.3, 0.4) is 0 Å². The standard InChI is InChI=1S/C10H12N4OS/c1-5-14-8-3-7(13-4-10(12)15)6(11)2-9(8)16-5/h2-3,13H,4,11H2,1H3,(H2,12,15). The van der Waals surface area contributed by atoms with Crippen LogP contribution in [0.15, 0.2) is 12.1 Å². The Bertz CT molecular complexity index is 549. The third-order valence-corrected chi connectivity index (χ3v) is 3.05. The van der Waals surface area contributed by atoms with Crippen LogP contribution in [0.5, 0.6) is 0 Å². The SMILES string of the molecule is Cc1nc2cc(NCC(N)=O)c(N)cc2s1. The lowest BCUT2D eigenvalue weighted by Gasteiger charge is -2.06. The highest BCUT2D eigenvalue weighted by Crippen LogP contribution is 2.29. The van der Waals surface area contributed by atoms with Crippen molar-refractivity contribution in [3.8, 4) is 0 Å². The number of carbonyl (C=O) groups excluding carboxylic acids is 1. The molecule has 5 nitrogen and oxygen atoms in total. The normalized spacial score (nSPS) is 10.6. The van der Waals surface area contributed by atoms with Crippen LogP contribution in [-0.2, 0) is 4.79 Å². The molecule has 0 fully saturated rings. The number of hydrogen-bond donors (Lipinski definition) is 3. The number of rotatable bonds is 3. The maximum Gasteiger partial charge on any atom is 0.236 e. The molecule has 5 N–H and O–H groups in total. The zero-order valence-corrected chi connectivity index (χ0v) is 9.60. The summed E-state index contributed by atoms with van der Waals surface area (Å²) in [4.78, 5) is 15.0. The summed E-state index contributed by atoms with van der Waals surface area (Å²) in [5.74, 6) is -0.422. The van der Waals surface area contributed by atoms with Crippen molar-refractivity contribution in [1.82, 2.24) is 4.98 Å². The van der Waals surface area contributed by atoms with Crippen LogP contribution < -0.4 is 16.8 Å². The molecule has 2 rings (SSSR count). The molecule has 1 heterocycles. The molecule has 0 atom stereocenters. The maximum absolute atomic E-state index is 10.7. The summed E-state index contributed by atoms with van der Waals surface area (Å²) in [7, 11) is 0. The van der Waals surface area contributed by atoms with Crippen LogP contribution in [0.1, 0.15) is 5.01 Å². The summed E-state index contributed by atoms with van der Waals surface area (Å²) in [6.07, 6.45) is 0. The summed E-state index contributed by atoms with van der Waals surface area (Å²) >= 11 is 1.59. The largest absolute Gasteiger partial charge is 0.397 e. The molecule has 16 heavy (non-hydrogen) atoms. The fraction of sp³-hybridized carbons (Fsp3) is 0.200. The van der Waals surface area contributed by atoms with Crippen molar-refractivity contribution in [2.75, 3.05) is 17.6 Å². The van der Waals surface area contributed by atoms with Gasteiger partial charge in [-0.15, -0.1) is 11.3 Å². The smallest absolute Gasteiger partial charge is 0.236 e. The average molecular weight is 236 g/mol. The number of nitrogen functional groups attached to an aromatic ring is 1. The molecule has 2 aromatic rings. The lowest BCUT2D eigenvalue weighted by Crippen LogP contribution is -2.22. The van der Waals surface area contributed by atoms with E-state index in [9.17, 15) is 4.79 Å². The minimum absolute atomic E-state index is 0.0683. The Labute approximate surface area is 96.5 Å². The number of primary amides is 1. The van der Waals surface area contributed by atoms with Crippen LogP contribution in [0, 0.1) is 6.92 Å². The highest BCUT2D eigenvalue weighted by molar-refractivity contribution is 7.18. The molecule has 0 aliphatic carbocycles. The molecule has 0 unspecified atom stereocenters. The number of nitrogens with one attached hydrogen (secondary N) is 1. The van der Waals surface area contributed by atoms with Gasteiger partial charge in [0, 0.05) is 0 Å². The molecule has 1 amide bonds. The molecule has 6 heteroatoms. The Hall–Kier alpha value is -1.82. The van der Waals surface area contributed by atoms with E-state index >= 15 is 0 Å². The number of benzene rings is 1. The van der Waals surface area contributed by atoms with Crippen LogP contribution in [0.25, 0.3) is 10.2 Å². The number of carbonyl (C=O) groups is 1. The molecule has 0 saturated heterocycles. The highest BCUT2D eigenvalue weighted by atomic mass is 32.1. The van der Waals surface area contributed by atoms with Crippen LogP contribution >= 0.6 is 11.3 Å². The number of fused-ring (bicyclic) bond motifs is 1. The van der Waals surface area contributed by atoms with Crippen molar-refractivity contribution < 1.29 is 4.79 Å². The number of aryl methyl sites for hydroxylation is 1. The molecule has 0 bridgehead atoms. The van der Waals surface area contributed by atoms with Crippen LogP contribution in [0.2, 0.25) is 0 Å². The molecule has 0 spiro atoms. The lowest BCUT2D eigenvalue weighted by atomic mass is 10.2. The fourth-order valence-corrected chi connectivity index (χ4v) is 2.30. The van der Waals surface area contributed by atoms with E-state index in [1.807, 2.05) is 19.1 Å². The number of thiazole rings is 1. The third kappa shape index (κ3) is 2.06. The van der Waals surface area contributed by atoms with Crippen LogP contribution in [0.4, 0.5) is 11.4 Å². The summed E-state index contributed by atoms with van der Waals surface area (Å²) in [5, 5.41) is 3.87. The zero-order chi connectivity index (χ0) is 11.7. The molecule has 1 aromatic heterocycles. The predicted octanol–water partition coefficient (Wildman–Crippen LogP) is 1.08. The first-order chi connectivity index (χ1) is 7.56. The Balaban J connectivity index is 2.37. The van der Waals surface area contributed by atoms with Crippen molar-refractivity contribution >= 4 is 38.8 Å². The second-order valence-corrected chi connectivity index (χ2v) is 4.69. The first-order valence-electron chi connectivity index (χ1n) is 4.75. The summed E-state index contributed by atoms with van der Waals surface area (Å²) in [6, 6.07) is 3.68. The second kappa shape index (κ2) is 3.97. The van der Waals surface area contributed by atoms with Gasteiger partial charge >= 0.3 is 0 Å². The molecule has 0 aliphatic heterocycles. The van der Waals surface area contributed by atoms with E-state index in [2.05, 4.69) is 10.3 Å². The van der Waals surface area contributed by atoms with Gasteiger partial charge in [-0.1, -0.05) is 0 Å². The van der Waals surface area contributed by atoms with Crippen molar-refractivity contribution in [2.45, 2.75) is 6.92 Å². The van der Waals surface area contributed by atoms with Gasteiger partial charge in [0.15, 0.2) is 0 Å². The minimum atomic E-state index is -0.422. The number of aromatic nitrogens is 1. The number of nitrogens with two attached hydrogens (primary N) is 2. The first kappa shape index (κ1) is 10.7. The predicted molar refractivity (Wildman–Crippen MR) is 66.5 cm³/mol. The number of anilines is 2. The van der Waals surface area contributed by atoms with Crippen LogP contribution in [-0.4, -0.2) is 17.4 Å². The van der Waals surface area contributed by atoms with Gasteiger partial charge in [0.25, 0.3) is 0 Å². The summed E-state index contributed by atoms with van der Waals surface area (Å²) < 4.78 is 1.04. The van der Waals surface area contributed by atoms with Crippen molar-refractivity contribution in [2.24, 2.45) is 5.73 Å². The third-order valence-electron chi connectivity index (χ3n) is 2.12. The zero-order valence-electron chi connectivity index (χ0n) is 8.78. The Morgan fingerprint density at radius 3 is 3.00 bits per heavy atom. The second-order valence-electron chi connectivity index (χ2n) is 3.46. The molecule has 0 saturated carbocycles. The number of nitrogens with zero attached hydrogens (tertiary/aromatic N) is 1. The van der Waals surface area contributed by atoms with E-state index in [1.165, 1.54) is 0 Å². The summed E-state index contributed by atoms with van der Waals surface area (Å²) in [6.45, 7) is 2.01. The number of hydrogen-bond acceptors (Lipinski definition) is 5. The van der Waals surface area contributed by atoms with Gasteiger partial charge in [-0.3, -0.25) is 4.79 Å². The fourth-order valence-electron chi connectivity index (χ4n) is 1.44. The molecule has 1 aromatic carbocycles. The molecule has 84 valence electrons. The van der Waals surface area contributed by atoms with Gasteiger partial charge in [0.1, 0.15) is 0 Å². The topological polar surface area (TPSA) is 94.0 Å². The van der Waals surface area contributed by atoms with Gasteiger partial charge in [0.2, 0.25) is 5.91 Å². The Morgan fingerprint density at radius 1 is 1.56 bits per heavy atom. The van der Waals surface area contributed by atoms with Crippen molar-refractivity contribution in [3.63, 3.8) is 0 Å². The molecular weight excluding hydrogens is 224 g/mol. The van der Waals surface area contributed by atoms with Crippen molar-refractivity contribution in [1.29, 1.82) is 0 Å². The van der Waals surface area contributed by atoms with Gasteiger partial charge in [0.05, 0.1) is 33.1 Å². The quantitative estimate of drug-likeness (QED) is 0.695. The van der Waals surface area contributed by atoms with Gasteiger partial charge in [-0.05, 0) is 19.1 Å². The molecular formula is C10H12N4OS. The average Bonchev–Trinajstić information content (AvgIpc) is 2.53. The summed E-state index contributed by atoms with van der Waals surface area (Å²) in [5.41, 5.74) is 13.1. The van der Waals surface area contributed by atoms with Gasteiger partial charge < -0.3 is 16.8 Å². The lowest BCUT2D eigenvalue weighted by molar-refractivity contribution is -0.116. The van der Waals surface area contributed by atoms with E-state index in [0.29, 0.717) is 11.4 Å². The van der Waals surface area contributed by atoms with Gasteiger partial charge in [-0.2, -0.15) is 0 Å². The van der Waals surface area contributed by atoms with E-state index in [-0.39, 0.29) is 6.54 Å². The van der Waals surface area contributed by atoms with Crippen molar-refractivity contribution in [3.05, 3.63) is 17.1 Å². The van der Waals surface area contributed by atoms with E-state index in [1.54, 1.807) is 11.3 Å². The van der Waals surface area contributed by atoms with Gasteiger partial charge in [-0.25, -0.2) is 4.98 Å². The Morgan fingerprint density at radius 2 is 2.31 bits per heavy atom. The minimum Gasteiger partial charge on any atom is -0.397 e. The Kier molecular flexibility index (Phi) is 2.66. The van der Waals surface area contributed by atoms with E-state index in [0.717, 1.165) is 15.2 Å². The number of amides is 1.